The molecule has 0 aliphatic carbocycles. The van der Waals surface area contributed by atoms with Crippen LogP contribution in [0.1, 0.15) is 55.3 Å². The molecule has 14 nitrogen and oxygen atoms in total. The predicted octanol–water partition coefficient (Wildman–Crippen LogP) is 1.91. The van der Waals surface area contributed by atoms with Crippen LogP contribution in [0.2, 0.25) is 0 Å². The number of carbonyl (C=O) groups excluding carboxylic acids is 7. The summed E-state index contributed by atoms with van der Waals surface area (Å²) in [5, 5.41) is 7.85. The van der Waals surface area contributed by atoms with Crippen LogP contribution in [-0.2, 0) is 42.9 Å². The van der Waals surface area contributed by atoms with E-state index >= 15 is 0 Å². The van der Waals surface area contributed by atoms with Crippen LogP contribution in [0.5, 0.6) is 0 Å². The van der Waals surface area contributed by atoms with Crippen LogP contribution in [0, 0.1) is 10.7 Å². The molecule has 0 fully saturated rings. The Kier molecular flexibility index (Phi) is 15.8. The van der Waals surface area contributed by atoms with Crippen molar-refractivity contribution < 1.29 is 52.5 Å². The monoisotopic (exact) mass is 915 g/mol. The molecule has 0 saturated carbocycles. The molecule has 2 atom stereocenters. The average Bonchev–Trinajstić information content (AvgIpc) is 2.84. The van der Waals surface area contributed by atoms with E-state index in [4.69, 9.17) is 18.9 Å². The number of benzene rings is 1. The van der Waals surface area contributed by atoms with Gasteiger partial charge in [-0.3, -0.25) is 33.6 Å². The predicted molar refractivity (Wildman–Crippen MR) is 168 cm³/mol. The van der Waals surface area contributed by atoms with Gasteiger partial charge in [0.2, 0.25) is 5.91 Å². The summed E-state index contributed by atoms with van der Waals surface area (Å²) < 4.78 is 20.9. The van der Waals surface area contributed by atoms with Crippen LogP contribution in [0.4, 0.5) is 5.69 Å². The third-order valence-corrected chi connectivity index (χ3v) is 7.90. The van der Waals surface area contributed by atoms with Crippen molar-refractivity contribution in [1.82, 2.24) is 10.6 Å². The lowest BCUT2D eigenvalue weighted by Crippen LogP contribution is -2.40. The minimum atomic E-state index is -0.979. The number of rotatable bonds is 13. The highest BCUT2D eigenvalue weighted by Crippen LogP contribution is 2.35. The molecule has 0 bridgehead atoms. The Hall–Kier alpha value is -2.30. The highest BCUT2D eigenvalue weighted by atomic mass is 127. The second-order valence-electron chi connectivity index (χ2n) is 8.24. The number of ether oxygens (including phenoxy) is 4. The molecule has 2 unspecified atom stereocenters. The molecule has 0 saturated heterocycles. The van der Waals surface area contributed by atoms with E-state index in [1.807, 2.05) is 67.8 Å². The fourth-order valence-corrected chi connectivity index (χ4v) is 7.51. The Balaban J connectivity index is 3.39. The summed E-state index contributed by atoms with van der Waals surface area (Å²) in [7, 11) is 0. The number of esters is 4. The first-order valence-electron chi connectivity index (χ1n) is 11.7. The minimum Gasteiger partial charge on any atom is -0.462 e. The number of carbonyl (C=O) groups is 7. The summed E-state index contributed by atoms with van der Waals surface area (Å²) in [6.45, 7) is 4.92. The van der Waals surface area contributed by atoms with Gasteiger partial charge in [0.15, 0.2) is 12.2 Å². The first-order chi connectivity index (χ1) is 19.0. The Labute approximate surface area is 276 Å². The summed E-state index contributed by atoms with van der Waals surface area (Å²) in [6, 6.07) is 0. The van der Waals surface area contributed by atoms with Crippen molar-refractivity contribution in [1.29, 1.82) is 0 Å². The maximum absolute atomic E-state index is 13.4. The molecule has 0 heterocycles. The molecule has 1 aromatic carbocycles. The molecule has 0 aliphatic heterocycles. The maximum Gasteiger partial charge on any atom is 0.303 e. The Morgan fingerprint density at radius 3 is 1.27 bits per heavy atom. The second-order valence-corrected chi connectivity index (χ2v) is 11.5. The van der Waals surface area contributed by atoms with Crippen molar-refractivity contribution in [2.75, 3.05) is 31.6 Å². The van der Waals surface area contributed by atoms with Crippen LogP contribution in [-0.4, -0.2) is 80.1 Å². The van der Waals surface area contributed by atoms with Crippen molar-refractivity contribution in [2.24, 2.45) is 0 Å². The third kappa shape index (κ3) is 12.6. The molecule has 1 aromatic rings. The van der Waals surface area contributed by atoms with E-state index in [0.717, 1.165) is 13.8 Å². The molecule has 0 radical (unpaired) electrons. The van der Waals surface area contributed by atoms with Crippen molar-refractivity contribution in [3.8, 4) is 0 Å². The molecule has 17 heteroatoms. The van der Waals surface area contributed by atoms with E-state index < -0.39 is 53.8 Å². The summed E-state index contributed by atoms with van der Waals surface area (Å²) in [6.07, 6.45) is -1.96. The van der Waals surface area contributed by atoms with Crippen molar-refractivity contribution in [3.63, 3.8) is 0 Å². The zero-order valence-corrected chi connectivity index (χ0v) is 29.1. The van der Waals surface area contributed by atoms with Gasteiger partial charge in [0.05, 0.1) is 37.0 Å². The fraction of sp³-hybridized carbons (Fsp3) is 0.458. The van der Waals surface area contributed by atoms with Crippen LogP contribution in [0.25, 0.3) is 0 Å². The van der Waals surface area contributed by atoms with Gasteiger partial charge in [0, 0.05) is 38.2 Å². The first-order valence-corrected chi connectivity index (χ1v) is 14.9. The standard InChI is InChI=1S/C24H28I3N3O11/c1-10(31)30-22-20(26)17(23(36)28-6-15(40-13(4)34)8-38-11(2)32)19(25)18(21(22)27)24(37)29-7-16(41-14(5)35)9-39-12(3)33/h15-16H,6-9H2,1-5H3,(H,28,36)(H,29,37)(H,30,31). The lowest BCUT2D eigenvalue weighted by Gasteiger charge is -2.21. The Bertz CT molecular complexity index is 1140. The Morgan fingerprint density at radius 2 is 0.976 bits per heavy atom. The van der Waals surface area contributed by atoms with E-state index in [9.17, 15) is 33.6 Å². The number of hydrogen-bond acceptors (Lipinski definition) is 11. The molecule has 3 amide bonds. The van der Waals surface area contributed by atoms with E-state index in [-0.39, 0.29) is 46.7 Å². The highest BCUT2D eigenvalue weighted by molar-refractivity contribution is 14.1. The lowest BCUT2D eigenvalue weighted by molar-refractivity contribution is -0.155. The fourth-order valence-electron chi connectivity index (χ4n) is 3.10. The van der Waals surface area contributed by atoms with Crippen LogP contribution >= 0.6 is 67.8 Å². The molecule has 1 rings (SSSR count). The van der Waals surface area contributed by atoms with Crippen molar-refractivity contribution in [2.45, 2.75) is 46.8 Å². The number of nitrogens with one attached hydrogen (secondary N) is 3. The van der Waals surface area contributed by atoms with Crippen LogP contribution in [0.3, 0.4) is 0 Å². The van der Waals surface area contributed by atoms with Crippen molar-refractivity contribution in [3.05, 3.63) is 21.8 Å². The summed E-state index contributed by atoms with van der Waals surface area (Å²) in [5.41, 5.74) is 0.305. The normalized spacial score (nSPS) is 11.8. The zero-order valence-electron chi connectivity index (χ0n) is 22.6. The largest absolute Gasteiger partial charge is 0.462 e. The van der Waals surface area contributed by atoms with Gasteiger partial charge in [0.25, 0.3) is 11.8 Å². The third-order valence-electron chi connectivity index (χ3n) is 4.66. The molecule has 226 valence electrons. The highest BCUT2D eigenvalue weighted by Gasteiger charge is 2.29. The molecule has 0 aromatic heterocycles. The molecular formula is C24H28I3N3O11. The number of halogens is 3. The van der Waals surface area contributed by atoms with E-state index in [1.54, 1.807) is 0 Å². The smallest absolute Gasteiger partial charge is 0.303 e. The lowest BCUT2D eigenvalue weighted by atomic mass is 10.1. The maximum atomic E-state index is 13.4. The van der Waals surface area contributed by atoms with E-state index in [1.165, 1.54) is 20.8 Å². The molecule has 0 aliphatic rings. The Morgan fingerprint density at radius 1 is 0.610 bits per heavy atom. The van der Waals surface area contributed by atoms with Crippen LogP contribution < -0.4 is 16.0 Å². The van der Waals surface area contributed by atoms with E-state index in [2.05, 4.69) is 16.0 Å². The van der Waals surface area contributed by atoms with Crippen molar-refractivity contribution >= 4 is 115 Å². The molecule has 0 spiro atoms. The number of amides is 3. The van der Waals surface area contributed by atoms with Gasteiger partial charge >= 0.3 is 23.9 Å². The van der Waals surface area contributed by atoms with Gasteiger partial charge in [-0.15, -0.1) is 0 Å². The number of hydrogen-bond donors (Lipinski definition) is 3. The van der Waals surface area contributed by atoms with E-state index in [0.29, 0.717) is 7.14 Å². The van der Waals surface area contributed by atoms with Gasteiger partial charge in [-0.25, -0.2) is 0 Å². The van der Waals surface area contributed by atoms with Gasteiger partial charge in [-0.1, -0.05) is 0 Å². The summed E-state index contributed by atoms with van der Waals surface area (Å²) >= 11 is 5.56. The first kappa shape index (κ1) is 36.7. The summed E-state index contributed by atoms with van der Waals surface area (Å²) in [4.78, 5) is 83.9. The molecule has 3 N–H and O–H groups in total. The SMILES string of the molecule is CC(=O)Nc1c(I)c(C(=O)NCC(COC(C)=O)OC(C)=O)c(I)c(C(=O)NCC(COC(C)=O)OC(C)=O)c1I. The topological polar surface area (TPSA) is 192 Å². The minimum absolute atomic E-state index is 0.0472. The molecular weight excluding hydrogens is 887 g/mol. The van der Waals surface area contributed by atoms with Gasteiger partial charge in [-0.2, -0.15) is 0 Å². The quantitative estimate of drug-likeness (QED) is 0.149. The average molecular weight is 915 g/mol. The second kappa shape index (κ2) is 17.6. The zero-order chi connectivity index (χ0) is 31.4. The number of anilines is 1. The molecule has 41 heavy (non-hydrogen) atoms. The van der Waals surface area contributed by atoms with Crippen LogP contribution in [0.15, 0.2) is 0 Å². The summed E-state index contributed by atoms with van der Waals surface area (Å²) in [5.74, 6) is -4.28. The van der Waals surface area contributed by atoms with Gasteiger partial charge < -0.3 is 34.9 Å². The van der Waals surface area contributed by atoms with Gasteiger partial charge in [0.1, 0.15) is 13.2 Å². The van der Waals surface area contributed by atoms with Gasteiger partial charge in [-0.05, 0) is 67.8 Å².